The summed E-state index contributed by atoms with van der Waals surface area (Å²) < 4.78 is 5.31. The number of piperidine rings is 1. The highest BCUT2D eigenvalue weighted by molar-refractivity contribution is 5.42. The molecule has 0 saturated carbocycles. The van der Waals surface area contributed by atoms with Crippen LogP contribution in [-0.4, -0.2) is 25.3 Å². The lowest BCUT2D eigenvalue weighted by molar-refractivity contribution is 0.0915. The summed E-state index contributed by atoms with van der Waals surface area (Å²) in [6.45, 7) is 6.04. The van der Waals surface area contributed by atoms with Gasteiger partial charge in [-0.05, 0) is 62.1 Å². The molecule has 1 heterocycles. The highest BCUT2D eigenvalue weighted by Gasteiger charge is 2.24. The maximum atomic E-state index is 10.5. The molecule has 1 aliphatic rings. The number of aliphatic hydroxyl groups is 1. The molecule has 1 fully saturated rings. The Balaban J connectivity index is 2.23. The van der Waals surface area contributed by atoms with Crippen LogP contribution in [0.4, 0.5) is 0 Å². The minimum Gasteiger partial charge on any atom is -0.496 e. The number of methoxy groups -OCH3 is 1. The van der Waals surface area contributed by atoms with Crippen LogP contribution in [0.1, 0.15) is 35.6 Å². The molecule has 3 heteroatoms. The second-order valence-electron chi connectivity index (χ2n) is 5.23. The average Bonchev–Trinajstić information content (AvgIpc) is 2.41. The first-order chi connectivity index (χ1) is 8.63. The zero-order valence-electron chi connectivity index (χ0n) is 11.5. The van der Waals surface area contributed by atoms with Crippen LogP contribution in [-0.2, 0) is 0 Å². The first-order valence-electron chi connectivity index (χ1n) is 6.67. The van der Waals surface area contributed by atoms with Gasteiger partial charge in [0, 0.05) is 12.5 Å². The second-order valence-corrected chi connectivity index (χ2v) is 5.23. The fourth-order valence-electron chi connectivity index (χ4n) is 2.75. The van der Waals surface area contributed by atoms with E-state index in [1.807, 2.05) is 19.9 Å². The van der Waals surface area contributed by atoms with E-state index in [4.69, 9.17) is 4.74 Å². The Hall–Kier alpha value is -1.06. The molecule has 0 amide bonds. The maximum Gasteiger partial charge on any atom is 0.122 e. The number of hydrogen-bond donors (Lipinski definition) is 2. The molecule has 1 aliphatic heterocycles. The summed E-state index contributed by atoms with van der Waals surface area (Å²) in [4.78, 5) is 0. The lowest BCUT2D eigenvalue weighted by Gasteiger charge is -2.28. The van der Waals surface area contributed by atoms with Gasteiger partial charge in [0.2, 0.25) is 0 Å². The SMILES string of the molecule is COc1cc(C)c(C(O)C2CCCNC2)cc1C. The van der Waals surface area contributed by atoms with Crippen molar-refractivity contribution >= 4 is 0 Å². The summed E-state index contributed by atoms with van der Waals surface area (Å²) in [6.07, 6.45) is 1.87. The summed E-state index contributed by atoms with van der Waals surface area (Å²) >= 11 is 0. The molecule has 3 nitrogen and oxygen atoms in total. The van der Waals surface area contributed by atoms with Gasteiger partial charge in [0.25, 0.3) is 0 Å². The van der Waals surface area contributed by atoms with E-state index in [0.717, 1.165) is 48.4 Å². The van der Waals surface area contributed by atoms with Crippen LogP contribution in [0.3, 0.4) is 0 Å². The van der Waals surface area contributed by atoms with Crippen molar-refractivity contribution in [1.29, 1.82) is 0 Å². The van der Waals surface area contributed by atoms with E-state index < -0.39 is 0 Å². The molecule has 1 aromatic carbocycles. The van der Waals surface area contributed by atoms with Crippen molar-refractivity contribution in [2.24, 2.45) is 5.92 Å². The first-order valence-corrected chi connectivity index (χ1v) is 6.67. The van der Waals surface area contributed by atoms with Gasteiger partial charge in [-0.25, -0.2) is 0 Å². The van der Waals surface area contributed by atoms with Gasteiger partial charge >= 0.3 is 0 Å². The molecule has 2 rings (SSSR count). The van der Waals surface area contributed by atoms with E-state index in [-0.39, 0.29) is 6.10 Å². The fraction of sp³-hybridized carbons (Fsp3) is 0.600. The predicted octanol–water partition coefficient (Wildman–Crippen LogP) is 2.35. The molecule has 1 aromatic rings. The Morgan fingerprint density at radius 1 is 1.33 bits per heavy atom. The summed E-state index contributed by atoms with van der Waals surface area (Å²) in [5.74, 6) is 1.22. The van der Waals surface area contributed by atoms with Crippen molar-refractivity contribution in [3.63, 3.8) is 0 Å². The molecule has 0 spiro atoms. The Kier molecular flexibility index (Phi) is 4.25. The van der Waals surface area contributed by atoms with Crippen LogP contribution in [0.25, 0.3) is 0 Å². The van der Waals surface area contributed by atoms with Gasteiger partial charge in [0.05, 0.1) is 13.2 Å². The quantitative estimate of drug-likeness (QED) is 0.864. The Labute approximate surface area is 109 Å². The van der Waals surface area contributed by atoms with Gasteiger partial charge in [-0.3, -0.25) is 0 Å². The normalized spacial score (nSPS) is 21.7. The molecular weight excluding hydrogens is 226 g/mol. The molecule has 100 valence electrons. The van der Waals surface area contributed by atoms with Crippen LogP contribution < -0.4 is 10.1 Å². The number of benzene rings is 1. The lowest BCUT2D eigenvalue weighted by atomic mass is 9.87. The zero-order valence-corrected chi connectivity index (χ0v) is 11.5. The van der Waals surface area contributed by atoms with Crippen molar-refractivity contribution < 1.29 is 9.84 Å². The van der Waals surface area contributed by atoms with Crippen LogP contribution in [0.15, 0.2) is 12.1 Å². The molecule has 0 aliphatic carbocycles. The summed E-state index contributed by atoms with van der Waals surface area (Å²) in [7, 11) is 1.68. The smallest absolute Gasteiger partial charge is 0.122 e. The molecular formula is C15H23NO2. The van der Waals surface area contributed by atoms with Gasteiger partial charge in [-0.15, -0.1) is 0 Å². The summed E-state index contributed by atoms with van der Waals surface area (Å²) in [5.41, 5.74) is 3.23. The van der Waals surface area contributed by atoms with Gasteiger partial charge in [-0.1, -0.05) is 0 Å². The van der Waals surface area contributed by atoms with Gasteiger partial charge in [0.15, 0.2) is 0 Å². The molecule has 2 N–H and O–H groups in total. The van der Waals surface area contributed by atoms with Gasteiger partial charge in [-0.2, -0.15) is 0 Å². The summed E-state index contributed by atoms with van der Waals surface area (Å²) in [5, 5.41) is 13.9. The molecule has 2 atom stereocenters. The number of nitrogens with one attached hydrogen (secondary N) is 1. The maximum absolute atomic E-state index is 10.5. The van der Waals surface area contributed by atoms with E-state index in [0.29, 0.717) is 5.92 Å². The Bertz CT molecular complexity index is 411. The van der Waals surface area contributed by atoms with E-state index in [1.54, 1.807) is 7.11 Å². The standard InChI is InChI=1S/C15H23NO2/c1-10-8-14(18-3)11(2)7-13(10)15(17)12-5-4-6-16-9-12/h7-8,12,15-17H,4-6,9H2,1-3H3. The highest BCUT2D eigenvalue weighted by atomic mass is 16.5. The van der Waals surface area contributed by atoms with Crippen molar-refractivity contribution in [3.8, 4) is 5.75 Å². The zero-order chi connectivity index (χ0) is 13.1. The molecule has 18 heavy (non-hydrogen) atoms. The third-order valence-corrected chi connectivity index (χ3v) is 3.88. The minimum absolute atomic E-state index is 0.324. The van der Waals surface area contributed by atoms with Gasteiger partial charge < -0.3 is 15.2 Å². The molecule has 0 bridgehead atoms. The first kappa shape index (κ1) is 13.4. The lowest BCUT2D eigenvalue weighted by Crippen LogP contribution is -2.33. The molecule has 1 saturated heterocycles. The van der Waals surface area contributed by atoms with Crippen LogP contribution in [0.5, 0.6) is 5.75 Å². The van der Waals surface area contributed by atoms with Gasteiger partial charge in [0.1, 0.15) is 5.75 Å². The van der Waals surface area contributed by atoms with E-state index in [9.17, 15) is 5.11 Å². The molecule has 2 unspecified atom stereocenters. The fourth-order valence-corrected chi connectivity index (χ4v) is 2.75. The predicted molar refractivity (Wildman–Crippen MR) is 73.0 cm³/mol. The second kappa shape index (κ2) is 5.72. The van der Waals surface area contributed by atoms with E-state index >= 15 is 0 Å². The highest BCUT2D eigenvalue weighted by Crippen LogP contribution is 2.32. The molecule has 0 aromatic heterocycles. The number of ether oxygens (including phenoxy) is 1. The number of aryl methyl sites for hydroxylation is 2. The van der Waals surface area contributed by atoms with Crippen molar-refractivity contribution in [1.82, 2.24) is 5.32 Å². The average molecular weight is 249 g/mol. The van der Waals surface area contributed by atoms with Crippen molar-refractivity contribution in [3.05, 3.63) is 28.8 Å². The topological polar surface area (TPSA) is 41.5 Å². The Morgan fingerprint density at radius 3 is 2.72 bits per heavy atom. The van der Waals surface area contributed by atoms with Crippen molar-refractivity contribution in [2.45, 2.75) is 32.8 Å². The third kappa shape index (κ3) is 2.68. The van der Waals surface area contributed by atoms with E-state index in [2.05, 4.69) is 11.4 Å². The third-order valence-electron chi connectivity index (χ3n) is 3.88. The number of rotatable bonds is 3. The Morgan fingerprint density at radius 2 is 2.11 bits per heavy atom. The van der Waals surface area contributed by atoms with Crippen LogP contribution >= 0.6 is 0 Å². The van der Waals surface area contributed by atoms with Crippen LogP contribution in [0, 0.1) is 19.8 Å². The summed E-state index contributed by atoms with van der Waals surface area (Å²) in [6, 6.07) is 4.08. The van der Waals surface area contributed by atoms with E-state index in [1.165, 1.54) is 0 Å². The number of aliphatic hydroxyl groups excluding tert-OH is 1. The largest absolute Gasteiger partial charge is 0.496 e. The molecule has 0 radical (unpaired) electrons. The van der Waals surface area contributed by atoms with Crippen LogP contribution in [0.2, 0.25) is 0 Å². The monoisotopic (exact) mass is 249 g/mol. The van der Waals surface area contributed by atoms with Crippen molar-refractivity contribution in [2.75, 3.05) is 20.2 Å². The minimum atomic E-state index is -0.373. The number of hydrogen-bond acceptors (Lipinski definition) is 3.